The van der Waals surface area contributed by atoms with Crippen molar-refractivity contribution in [2.45, 2.75) is 148 Å². The standard InChI is InChI=1S/C24H48O2/c1-2-3-4-5-6-7-8-9-10-11-12-13-14-15-16-17-22-26-24-20-18-23(25)19-21-24/h23-25H,2-22H2,1H3. The van der Waals surface area contributed by atoms with Gasteiger partial charge in [-0.1, -0.05) is 103 Å². The summed E-state index contributed by atoms with van der Waals surface area (Å²) in [4.78, 5) is 0. The van der Waals surface area contributed by atoms with E-state index in [2.05, 4.69) is 6.92 Å². The number of aliphatic hydroxyl groups is 1. The molecule has 0 aromatic carbocycles. The first-order chi connectivity index (χ1) is 12.8. The van der Waals surface area contributed by atoms with Crippen LogP contribution in [0, 0.1) is 0 Å². The fraction of sp³-hybridized carbons (Fsp3) is 1.00. The van der Waals surface area contributed by atoms with E-state index in [0.29, 0.717) is 6.10 Å². The largest absolute Gasteiger partial charge is 0.393 e. The molecule has 0 heterocycles. The van der Waals surface area contributed by atoms with Gasteiger partial charge in [0.2, 0.25) is 0 Å². The van der Waals surface area contributed by atoms with Crippen molar-refractivity contribution in [1.29, 1.82) is 0 Å². The van der Waals surface area contributed by atoms with Gasteiger partial charge in [-0.25, -0.2) is 0 Å². The topological polar surface area (TPSA) is 29.5 Å². The Balaban J connectivity index is 1.67. The van der Waals surface area contributed by atoms with Gasteiger partial charge in [-0.2, -0.15) is 0 Å². The molecule has 0 radical (unpaired) electrons. The predicted octanol–water partition coefficient (Wildman–Crippen LogP) is 7.57. The second kappa shape index (κ2) is 18.3. The molecule has 1 aliphatic carbocycles. The van der Waals surface area contributed by atoms with Crippen LogP contribution >= 0.6 is 0 Å². The van der Waals surface area contributed by atoms with E-state index < -0.39 is 0 Å². The van der Waals surface area contributed by atoms with Crippen molar-refractivity contribution < 1.29 is 9.84 Å². The van der Waals surface area contributed by atoms with Gasteiger partial charge < -0.3 is 9.84 Å². The van der Waals surface area contributed by atoms with Crippen LogP contribution in [0.2, 0.25) is 0 Å². The van der Waals surface area contributed by atoms with E-state index >= 15 is 0 Å². The van der Waals surface area contributed by atoms with Crippen molar-refractivity contribution in [1.82, 2.24) is 0 Å². The maximum absolute atomic E-state index is 9.49. The van der Waals surface area contributed by atoms with E-state index in [9.17, 15) is 5.11 Å². The Kier molecular flexibility index (Phi) is 16.9. The lowest BCUT2D eigenvalue weighted by atomic mass is 9.95. The number of unbranched alkanes of at least 4 members (excludes halogenated alkanes) is 15. The molecule has 0 aliphatic heterocycles. The Labute approximate surface area is 164 Å². The Bertz CT molecular complexity index is 271. The van der Waals surface area contributed by atoms with Crippen LogP contribution in [0.1, 0.15) is 135 Å². The Morgan fingerprint density at radius 2 is 0.962 bits per heavy atom. The van der Waals surface area contributed by atoms with Crippen molar-refractivity contribution in [3.63, 3.8) is 0 Å². The molecule has 0 saturated heterocycles. The van der Waals surface area contributed by atoms with Crippen molar-refractivity contribution in [2.24, 2.45) is 0 Å². The third kappa shape index (κ3) is 15.0. The summed E-state index contributed by atoms with van der Waals surface area (Å²) in [6, 6.07) is 0. The summed E-state index contributed by atoms with van der Waals surface area (Å²) in [5.41, 5.74) is 0. The first kappa shape index (κ1) is 24.0. The summed E-state index contributed by atoms with van der Waals surface area (Å²) < 4.78 is 5.94. The molecule has 2 heteroatoms. The average Bonchev–Trinajstić information content (AvgIpc) is 2.66. The molecule has 1 saturated carbocycles. The normalized spacial score (nSPS) is 20.5. The summed E-state index contributed by atoms with van der Waals surface area (Å²) in [5, 5.41) is 9.49. The van der Waals surface area contributed by atoms with Crippen molar-refractivity contribution >= 4 is 0 Å². The van der Waals surface area contributed by atoms with Crippen LogP contribution < -0.4 is 0 Å². The van der Waals surface area contributed by atoms with Crippen LogP contribution in [0.15, 0.2) is 0 Å². The highest BCUT2D eigenvalue weighted by Gasteiger charge is 2.19. The first-order valence-electron chi connectivity index (χ1n) is 12.1. The second-order valence-electron chi connectivity index (χ2n) is 8.60. The summed E-state index contributed by atoms with van der Waals surface area (Å²) in [6.07, 6.45) is 27.0. The first-order valence-corrected chi connectivity index (χ1v) is 12.1. The molecule has 0 spiro atoms. The van der Waals surface area contributed by atoms with Gasteiger partial charge in [0.15, 0.2) is 0 Å². The third-order valence-corrected chi connectivity index (χ3v) is 6.00. The molecule has 156 valence electrons. The number of aliphatic hydroxyl groups excluding tert-OH is 1. The number of ether oxygens (including phenoxy) is 1. The molecule has 26 heavy (non-hydrogen) atoms. The van der Waals surface area contributed by atoms with Gasteiger partial charge in [-0.05, 0) is 32.1 Å². The lowest BCUT2D eigenvalue weighted by Gasteiger charge is -2.25. The van der Waals surface area contributed by atoms with Crippen LogP contribution in [0.5, 0.6) is 0 Å². The third-order valence-electron chi connectivity index (χ3n) is 6.00. The van der Waals surface area contributed by atoms with Crippen molar-refractivity contribution in [2.75, 3.05) is 6.61 Å². The van der Waals surface area contributed by atoms with Crippen LogP contribution in [0.4, 0.5) is 0 Å². The molecule has 1 aliphatic rings. The van der Waals surface area contributed by atoms with E-state index in [-0.39, 0.29) is 6.10 Å². The quantitative estimate of drug-likeness (QED) is 0.253. The Morgan fingerprint density at radius 3 is 1.38 bits per heavy atom. The Morgan fingerprint density at radius 1 is 0.577 bits per heavy atom. The highest BCUT2D eigenvalue weighted by atomic mass is 16.5. The zero-order valence-corrected chi connectivity index (χ0v) is 17.9. The summed E-state index contributed by atoms with van der Waals surface area (Å²) in [7, 11) is 0. The summed E-state index contributed by atoms with van der Waals surface area (Å²) >= 11 is 0. The van der Waals surface area contributed by atoms with Gasteiger partial charge in [0.05, 0.1) is 12.2 Å². The molecule has 0 aromatic heterocycles. The van der Waals surface area contributed by atoms with Gasteiger partial charge in [0.25, 0.3) is 0 Å². The molecule has 0 bridgehead atoms. The predicted molar refractivity (Wildman–Crippen MR) is 114 cm³/mol. The van der Waals surface area contributed by atoms with Crippen molar-refractivity contribution in [3.05, 3.63) is 0 Å². The van der Waals surface area contributed by atoms with Crippen LogP contribution in [0.25, 0.3) is 0 Å². The summed E-state index contributed by atoms with van der Waals surface area (Å²) in [6.45, 7) is 3.22. The van der Waals surface area contributed by atoms with Gasteiger partial charge in [0, 0.05) is 6.61 Å². The van der Waals surface area contributed by atoms with Crippen molar-refractivity contribution in [3.8, 4) is 0 Å². The maximum Gasteiger partial charge on any atom is 0.0577 e. The zero-order chi connectivity index (χ0) is 18.7. The van der Waals surface area contributed by atoms with Crippen LogP contribution in [-0.2, 0) is 4.74 Å². The van der Waals surface area contributed by atoms with E-state index in [4.69, 9.17) is 4.74 Å². The highest BCUT2D eigenvalue weighted by Crippen LogP contribution is 2.21. The lowest BCUT2D eigenvalue weighted by Crippen LogP contribution is -2.24. The average molecular weight is 369 g/mol. The molecular formula is C24H48O2. The van der Waals surface area contributed by atoms with E-state index in [0.717, 1.165) is 32.3 Å². The smallest absolute Gasteiger partial charge is 0.0577 e. The Hall–Kier alpha value is -0.0800. The molecule has 0 aromatic rings. The second-order valence-corrected chi connectivity index (χ2v) is 8.60. The van der Waals surface area contributed by atoms with E-state index in [1.807, 2.05) is 0 Å². The van der Waals surface area contributed by atoms with Crippen LogP contribution in [0.3, 0.4) is 0 Å². The number of rotatable bonds is 18. The molecule has 0 amide bonds. The fourth-order valence-corrected chi connectivity index (χ4v) is 4.11. The lowest BCUT2D eigenvalue weighted by molar-refractivity contribution is -0.00447. The molecule has 1 rings (SSSR count). The van der Waals surface area contributed by atoms with Gasteiger partial charge in [0.1, 0.15) is 0 Å². The van der Waals surface area contributed by atoms with Gasteiger partial charge >= 0.3 is 0 Å². The molecule has 0 atom stereocenters. The van der Waals surface area contributed by atoms with Gasteiger partial charge in [-0.3, -0.25) is 0 Å². The van der Waals surface area contributed by atoms with Gasteiger partial charge in [-0.15, -0.1) is 0 Å². The molecular weight excluding hydrogens is 320 g/mol. The number of hydrogen-bond donors (Lipinski definition) is 1. The minimum Gasteiger partial charge on any atom is -0.393 e. The monoisotopic (exact) mass is 368 g/mol. The minimum atomic E-state index is -0.0644. The van der Waals surface area contributed by atoms with Crippen LogP contribution in [-0.4, -0.2) is 23.9 Å². The molecule has 1 fully saturated rings. The molecule has 2 nitrogen and oxygen atoms in total. The van der Waals surface area contributed by atoms with E-state index in [1.165, 1.54) is 103 Å². The SMILES string of the molecule is CCCCCCCCCCCCCCCCCCOC1CCC(O)CC1. The molecule has 1 N–H and O–H groups in total. The van der Waals surface area contributed by atoms with E-state index in [1.54, 1.807) is 0 Å². The fourth-order valence-electron chi connectivity index (χ4n) is 4.11. The maximum atomic E-state index is 9.49. The highest BCUT2D eigenvalue weighted by molar-refractivity contribution is 4.71. The minimum absolute atomic E-state index is 0.0644. The summed E-state index contributed by atoms with van der Waals surface area (Å²) in [5.74, 6) is 0. The molecule has 0 unspecified atom stereocenters. The zero-order valence-electron chi connectivity index (χ0n) is 17.9. The number of hydrogen-bond acceptors (Lipinski definition) is 2.